The molecule has 19 heteroatoms. The van der Waals surface area contributed by atoms with Crippen molar-refractivity contribution in [3.63, 3.8) is 0 Å². The van der Waals surface area contributed by atoms with Gasteiger partial charge in [0.25, 0.3) is 0 Å². The van der Waals surface area contributed by atoms with Crippen molar-refractivity contribution in [3.05, 3.63) is 47.5 Å². The summed E-state index contributed by atoms with van der Waals surface area (Å²) in [4.78, 5) is 79.1. The predicted molar refractivity (Wildman–Crippen MR) is 193 cm³/mol. The Morgan fingerprint density at radius 1 is 0.981 bits per heavy atom. The Morgan fingerprint density at radius 3 is 2.26 bits per heavy atom. The number of nitrogens with one attached hydrogen (secondary N) is 4. The van der Waals surface area contributed by atoms with Gasteiger partial charge in [-0.1, -0.05) is 12.1 Å². The molecule has 1 fully saturated rings. The van der Waals surface area contributed by atoms with Crippen LogP contribution in [-0.4, -0.2) is 123 Å². The van der Waals surface area contributed by atoms with Gasteiger partial charge in [0.2, 0.25) is 29.5 Å². The maximum Gasteiger partial charge on any atom is 0.344 e. The van der Waals surface area contributed by atoms with Gasteiger partial charge < -0.3 is 53.3 Å². The number of hydrogen-bond acceptors (Lipinski definition) is 13. The zero-order chi connectivity index (χ0) is 38.7. The third-order valence-electron chi connectivity index (χ3n) is 8.37. The monoisotopic (exact) mass is 737 g/mol. The van der Waals surface area contributed by atoms with Gasteiger partial charge in [0.15, 0.2) is 0 Å². The zero-order valence-corrected chi connectivity index (χ0v) is 29.6. The third-order valence-corrected chi connectivity index (χ3v) is 8.37. The van der Waals surface area contributed by atoms with E-state index in [0.29, 0.717) is 33.8 Å². The fraction of sp³-hybridized carbons (Fsp3) is 0.441. The number of nitrogens with two attached hydrogens (primary N) is 4. The van der Waals surface area contributed by atoms with Crippen LogP contribution in [0.1, 0.15) is 30.5 Å². The van der Waals surface area contributed by atoms with Gasteiger partial charge in [0, 0.05) is 43.9 Å². The van der Waals surface area contributed by atoms with Crippen molar-refractivity contribution in [1.29, 1.82) is 0 Å². The molecule has 0 aliphatic carbocycles. The third kappa shape index (κ3) is 10.3. The minimum absolute atomic E-state index is 0.000160. The van der Waals surface area contributed by atoms with E-state index in [1.54, 1.807) is 36.4 Å². The van der Waals surface area contributed by atoms with Gasteiger partial charge in [0.05, 0.1) is 12.6 Å². The molecule has 1 saturated heterocycles. The van der Waals surface area contributed by atoms with E-state index in [4.69, 9.17) is 32.4 Å². The van der Waals surface area contributed by atoms with Crippen LogP contribution in [-0.2, 0) is 30.4 Å². The Morgan fingerprint density at radius 2 is 1.64 bits per heavy atom. The van der Waals surface area contributed by atoms with Crippen LogP contribution in [0.5, 0.6) is 11.5 Å². The second kappa shape index (κ2) is 18.7. The molecule has 286 valence electrons. The summed E-state index contributed by atoms with van der Waals surface area (Å²) in [7, 11) is 1.43. The number of benzene rings is 2. The molecule has 2 aromatic rings. The number of ether oxygens (including phenoxy) is 2. The van der Waals surface area contributed by atoms with Crippen LogP contribution in [0.4, 0.5) is 4.79 Å². The Labute approximate surface area is 306 Å². The lowest BCUT2D eigenvalue weighted by atomic mass is 9.93. The van der Waals surface area contributed by atoms with Gasteiger partial charge in [0.1, 0.15) is 49.4 Å². The number of hydrogen-bond donors (Lipinski definition) is 8. The first-order chi connectivity index (χ1) is 25.4. The summed E-state index contributed by atoms with van der Waals surface area (Å²) in [6.07, 6.45) is 1.41. The first kappa shape index (κ1) is 40.1. The number of amides is 7. The van der Waals surface area contributed by atoms with Gasteiger partial charge in [-0.15, -0.1) is 0 Å². The number of rotatable bonds is 14. The molecule has 2 heterocycles. The lowest BCUT2D eigenvalue weighted by Crippen LogP contribution is -2.55. The largest absolute Gasteiger partial charge is 0.492 e. The number of urea groups is 1. The molecule has 12 N–H and O–H groups in total. The molecule has 0 radical (unpaired) electrons. The molecule has 0 unspecified atom stereocenters. The summed E-state index contributed by atoms with van der Waals surface area (Å²) < 4.78 is 12.0. The quantitative estimate of drug-likeness (QED) is 0.0732. The highest BCUT2D eigenvalue weighted by Crippen LogP contribution is 2.40. The molecule has 2 aromatic carbocycles. The molecule has 0 spiro atoms. The SMILES string of the molecule is C[C@@H]1NC(=O)[C@@H](N(C)C(=O)[C@@H](N)CCN)c2ccc(OCCN)c(c2)-c2cc(ccc2OCCN)C[C@@H](C(=O)NC/C=N/N2CC(=O)NC2=O)NC1=O. The van der Waals surface area contributed by atoms with Crippen molar-refractivity contribution < 1.29 is 38.2 Å². The Bertz CT molecular complexity index is 1720. The lowest BCUT2D eigenvalue weighted by Gasteiger charge is -2.31. The van der Waals surface area contributed by atoms with Crippen LogP contribution < -0.4 is 53.7 Å². The summed E-state index contributed by atoms with van der Waals surface area (Å²) in [5, 5.41) is 14.9. The van der Waals surface area contributed by atoms with Crippen LogP contribution in [0.3, 0.4) is 0 Å². The highest BCUT2D eigenvalue weighted by Gasteiger charge is 2.35. The van der Waals surface area contributed by atoms with Gasteiger partial charge in [-0.25, -0.2) is 9.80 Å². The van der Waals surface area contributed by atoms with Crippen molar-refractivity contribution in [2.45, 2.75) is 43.9 Å². The molecule has 4 rings (SSSR count). The van der Waals surface area contributed by atoms with Crippen molar-refractivity contribution in [1.82, 2.24) is 31.2 Å². The summed E-state index contributed by atoms with van der Waals surface area (Å²) in [5.74, 6) is -2.23. The number of likely N-dealkylation sites (N-methyl/N-ethyl adjacent to an activating group) is 1. The van der Waals surface area contributed by atoms with Crippen molar-refractivity contribution in [2.75, 3.05) is 53.0 Å². The minimum Gasteiger partial charge on any atom is -0.492 e. The Kier molecular flexibility index (Phi) is 14.2. The Hall–Kier alpha value is -5.63. The topological polar surface area (TPSA) is 292 Å². The van der Waals surface area contributed by atoms with E-state index in [0.717, 1.165) is 5.01 Å². The van der Waals surface area contributed by atoms with Crippen molar-refractivity contribution in [3.8, 4) is 22.6 Å². The van der Waals surface area contributed by atoms with Gasteiger partial charge in [-0.2, -0.15) is 5.10 Å². The fourth-order valence-corrected chi connectivity index (χ4v) is 5.71. The molecule has 4 bridgehead atoms. The van der Waals surface area contributed by atoms with E-state index in [2.05, 4.69) is 26.4 Å². The molecule has 2 aliphatic rings. The second-order valence-electron chi connectivity index (χ2n) is 12.3. The van der Waals surface area contributed by atoms with Gasteiger partial charge >= 0.3 is 6.03 Å². The van der Waals surface area contributed by atoms with E-state index in [-0.39, 0.29) is 58.8 Å². The van der Waals surface area contributed by atoms with Crippen molar-refractivity contribution in [2.24, 2.45) is 28.0 Å². The maximum absolute atomic E-state index is 14.1. The highest BCUT2D eigenvalue weighted by atomic mass is 16.5. The molecule has 19 nitrogen and oxygen atoms in total. The number of imide groups is 1. The average molecular weight is 738 g/mol. The number of carbonyl (C=O) groups is 6. The lowest BCUT2D eigenvalue weighted by molar-refractivity contribution is -0.141. The molecule has 53 heavy (non-hydrogen) atoms. The van der Waals surface area contributed by atoms with Crippen molar-refractivity contribution >= 4 is 41.8 Å². The molecule has 0 aromatic heterocycles. The summed E-state index contributed by atoms with van der Waals surface area (Å²) in [6, 6.07) is 4.91. The van der Waals surface area contributed by atoms with E-state index in [1.807, 2.05) is 0 Å². The number of carbonyl (C=O) groups excluding carboxylic acids is 6. The van der Waals surface area contributed by atoms with E-state index < -0.39 is 59.7 Å². The number of nitrogens with zero attached hydrogens (tertiary/aromatic N) is 3. The zero-order valence-electron chi connectivity index (χ0n) is 29.6. The normalized spacial score (nSPS) is 19.5. The molecular weight excluding hydrogens is 690 g/mol. The van der Waals surface area contributed by atoms with Gasteiger partial charge in [-0.3, -0.25) is 29.3 Å². The highest BCUT2D eigenvalue weighted by molar-refractivity contribution is 6.02. The summed E-state index contributed by atoms with van der Waals surface area (Å²) >= 11 is 0. The van der Waals surface area contributed by atoms with E-state index in [1.165, 1.54) is 25.1 Å². The summed E-state index contributed by atoms with van der Waals surface area (Å²) in [5.41, 5.74) is 25.3. The van der Waals surface area contributed by atoms with E-state index >= 15 is 0 Å². The fourth-order valence-electron chi connectivity index (χ4n) is 5.71. The molecule has 2 aliphatic heterocycles. The molecule has 7 amide bonds. The average Bonchev–Trinajstić information content (AvgIpc) is 3.46. The standard InChI is InChI=1S/C34H47N11O8/c1-19-30(47)42-25(31(48)39-11-12-40-45-18-28(46)43-34(45)51)16-20-3-5-26(52-13-9-36)22(15-20)23-17-21(4-6-27(23)53-14-10-37)29(32(49)41-19)44(2)33(50)24(38)7-8-35/h3-6,12,15,17,19,24-25,29H,7-11,13-14,16,18,35-38H2,1-2H3,(H,39,48)(H,41,49)(H,42,47)(H,43,46,51)/b40-12+/t19-,24-,25-,29-/m0/s1. The molecule has 4 atom stereocenters. The minimum atomic E-state index is -1.27. The van der Waals surface area contributed by atoms with Gasteiger partial charge in [-0.05, 0) is 55.3 Å². The van der Waals surface area contributed by atoms with Crippen LogP contribution >= 0.6 is 0 Å². The first-order valence-electron chi connectivity index (χ1n) is 17.1. The number of fused-ring (bicyclic) bond motifs is 5. The van der Waals surface area contributed by atoms with E-state index in [9.17, 15) is 28.8 Å². The summed E-state index contributed by atoms with van der Waals surface area (Å²) in [6.45, 7) is 1.94. The van der Waals surface area contributed by atoms with Crippen LogP contribution in [0.2, 0.25) is 0 Å². The van der Waals surface area contributed by atoms with Crippen LogP contribution in [0, 0.1) is 0 Å². The smallest absolute Gasteiger partial charge is 0.344 e. The van der Waals surface area contributed by atoms with Crippen LogP contribution in [0.15, 0.2) is 41.5 Å². The molecular formula is C34H47N11O8. The molecule has 0 saturated carbocycles. The first-order valence-corrected chi connectivity index (χ1v) is 17.1. The van der Waals surface area contributed by atoms with Crippen LogP contribution in [0.25, 0.3) is 11.1 Å². The maximum atomic E-state index is 14.1. The second-order valence-corrected chi connectivity index (χ2v) is 12.3. The Balaban J connectivity index is 1.80. The number of hydrazone groups is 1. The predicted octanol–water partition coefficient (Wildman–Crippen LogP) is -2.60.